The van der Waals surface area contributed by atoms with Crippen molar-refractivity contribution in [2.75, 3.05) is 0 Å². The highest BCUT2D eigenvalue weighted by Gasteiger charge is 2.03. The van der Waals surface area contributed by atoms with Gasteiger partial charge in [-0.05, 0) is 15.9 Å². The lowest BCUT2D eigenvalue weighted by atomic mass is 10.6. The summed E-state index contributed by atoms with van der Waals surface area (Å²) >= 11 is 4.79. The van der Waals surface area contributed by atoms with E-state index < -0.39 is 0 Å². The number of rotatable bonds is 2. The van der Waals surface area contributed by atoms with E-state index in [4.69, 9.17) is 4.42 Å². The predicted molar refractivity (Wildman–Crippen MR) is 45.2 cm³/mol. The molecule has 0 aliphatic heterocycles. The Kier molecular flexibility index (Phi) is 2.80. The molecule has 2 nitrogen and oxygen atoms in total. The van der Waals surface area contributed by atoms with Crippen molar-refractivity contribution in [3.8, 4) is 0 Å². The summed E-state index contributed by atoms with van der Waals surface area (Å²) in [5.74, 6) is 0. The van der Waals surface area contributed by atoms with Gasteiger partial charge in [0.15, 0.2) is 4.67 Å². The highest BCUT2D eigenvalue weighted by Crippen LogP contribution is 2.23. The second-order valence-electron chi connectivity index (χ2n) is 2.10. The molecule has 0 amide bonds. The van der Waals surface area contributed by atoms with E-state index in [1.807, 2.05) is 0 Å². The summed E-state index contributed by atoms with van der Waals surface area (Å²) in [4.78, 5) is 4.01. The van der Waals surface area contributed by atoms with Gasteiger partial charge in [0, 0.05) is 5.25 Å². The molecule has 0 radical (unpaired) electrons. The lowest BCUT2D eigenvalue weighted by molar-refractivity contribution is 0.434. The molecule has 0 bridgehead atoms. The molecule has 0 unspecified atom stereocenters. The van der Waals surface area contributed by atoms with Gasteiger partial charge in [-0.3, -0.25) is 0 Å². The van der Waals surface area contributed by atoms with Crippen molar-refractivity contribution in [2.24, 2.45) is 0 Å². The SMILES string of the molecule is CC(C)Sc1ncc(Br)o1. The van der Waals surface area contributed by atoms with Gasteiger partial charge in [0.1, 0.15) is 0 Å². The van der Waals surface area contributed by atoms with Gasteiger partial charge in [-0.15, -0.1) is 0 Å². The van der Waals surface area contributed by atoms with Crippen LogP contribution in [0.15, 0.2) is 20.5 Å². The topological polar surface area (TPSA) is 26.0 Å². The number of nitrogens with zero attached hydrogens (tertiary/aromatic N) is 1. The van der Waals surface area contributed by atoms with Crippen LogP contribution in [0.1, 0.15) is 13.8 Å². The molecule has 0 saturated carbocycles. The van der Waals surface area contributed by atoms with E-state index in [1.54, 1.807) is 18.0 Å². The fraction of sp³-hybridized carbons (Fsp3) is 0.500. The largest absolute Gasteiger partial charge is 0.424 e. The van der Waals surface area contributed by atoms with Crippen LogP contribution in [0.25, 0.3) is 0 Å². The maximum Gasteiger partial charge on any atom is 0.256 e. The van der Waals surface area contributed by atoms with Gasteiger partial charge in [-0.2, -0.15) is 0 Å². The number of aromatic nitrogens is 1. The number of hydrogen-bond donors (Lipinski definition) is 0. The molecule has 0 atom stereocenters. The van der Waals surface area contributed by atoms with Gasteiger partial charge in [0.05, 0.1) is 6.20 Å². The van der Waals surface area contributed by atoms with E-state index in [2.05, 4.69) is 34.8 Å². The monoisotopic (exact) mass is 221 g/mol. The Morgan fingerprint density at radius 3 is 2.80 bits per heavy atom. The Labute approximate surface area is 72.5 Å². The van der Waals surface area contributed by atoms with Crippen molar-refractivity contribution in [3.05, 3.63) is 10.9 Å². The van der Waals surface area contributed by atoms with Crippen molar-refractivity contribution >= 4 is 27.7 Å². The molecule has 1 aromatic rings. The molecule has 0 N–H and O–H groups in total. The number of thioether (sulfide) groups is 1. The summed E-state index contributed by atoms with van der Waals surface area (Å²) in [6.07, 6.45) is 1.66. The second kappa shape index (κ2) is 3.44. The van der Waals surface area contributed by atoms with Gasteiger partial charge in [-0.25, -0.2) is 4.98 Å². The third-order valence-electron chi connectivity index (χ3n) is 0.793. The first-order chi connectivity index (χ1) is 4.68. The summed E-state index contributed by atoms with van der Waals surface area (Å²) in [5.41, 5.74) is 0. The van der Waals surface area contributed by atoms with Crippen LogP contribution in [0.4, 0.5) is 0 Å². The van der Waals surface area contributed by atoms with Crippen LogP contribution in [0.2, 0.25) is 0 Å². The van der Waals surface area contributed by atoms with Crippen LogP contribution in [-0.2, 0) is 0 Å². The lowest BCUT2D eigenvalue weighted by Crippen LogP contribution is -1.84. The van der Waals surface area contributed by atoms with Crippen molar-refractivity contribution in [1.82, 2.24) is 4.98 Å². The number of hydrogen-bond acceptors (Lipinski definition) is 3. The summed E-state index contributed by atoms with van der Waals surface area (Å²) in [6, 6.07) is 0. The molecule has 10 heavy (non-hydrogen) atoms. The number of halogens is 1. The van der Waals surface area contributed by atoms with Gasteiger partial charge >= 0.3 is 0 Å². The summed E-state index contributed by atoms with van der Waals surface area (Å²) in [5, 5.41) is 1.24. The Bertz CT molecular complexity index is 211. The molecule has 4 heteroatoms. The van der Waals surface area contributed by atoms with Gasteiger partial charge in [-0.1, -0.05) is 25.6 Å². The summed E-state index contributed by atoms with van der Waals surface area (Å²) in [7, 11) is 0. The average Bonchev–Trinajstić information content (AvgIpc) is 2.13. The van der Waals surface area contributed by atoms with Gasteiger partial charge < -0.3 is 4.42 Å². The molecule has 1 aromatic heterocycles. The predicted octanol–water partition coefficient (Wildman–Crippen LogP) is 2.94. The van der Waals surface area contributed by atoms with E-state index in [0.717, 1.165) is 5.22 Å². The highest BCUT2D eigenvalue weighted by molar-refractivity contribution is 9.10. The van der Waals surface area contributed by atoms with Crippen LogP contribution >= 0.6 is 27.7 Å². The molecule has 0 aromatic carbocycles. The van der Waals surface area contributed by atoms with Crippen LogP contribution in [0.3, 0.4) is 0 Å². The molecule has 0 spiro atoms. The van der Waals surface area contributed by atoms with Crippen molar-refractivity contribution in [2.45, 2.75) is 24.3 Å². The first kappa shape index (κ1) is 8.14. The zero-order valence-electron chi connectivity index (χ0n) is 5.80. The Morgan fingerprint density at radius 2 is 2.40 bits per heavy atom. The summed E-state index contributed by atoms with van der Waals surface area (Å²) in [6.45, 7) is 4.20. The first-order valence-electron chi connectivity index (χ1n) is 2.96. The lowest BCUT2D eigenvalue weighted by Gasteiger charge is -1.96. The molecular weight excluding hydrogens is 214 g/mol. The molecule has 0 aliphatic rings. The molecule has 56 valence electrons. The maximum atomic E-state index is 5.16. The summed E-state index contributed by atoms with van der Waals surface area (Å²) < 4.78 is 5.85. The quantitative estimate of drug-likeness (QED) is 0.719. The standard InChI is InChI=1S/C6H8BrNOS/c1-4(2)10-6-8-3-5(7)9-6/h3-4H,1-2H3. The fourth-order valence-electron chi connectivity index (χ4n) is 0.496. The molecule has 1 heterocycles. The van der Waals surface area contributed by atoms with Crippen LogP contribution in [0.5, 0.6) is 0 Å². The van der Waals surface area contributed by atoms with Crippen molar-refractivity contribution in [3.63, 3.8) is 0 Å². The van der Waals surface area contributed by atoms with E-state index >= 15 is 0 Å². The van der Waals surface area contributed by atoms with E-state index in [-0.39, 0.29) is 0 Å². The smallest absolute Gasteiger partial charge is 0.256 e. The minimum absolute atomic E-state index is 0.519. The van der Waals surface area contributed by atoms with Crippen molar-refractivity contribution in [1.29, 1.82) is 0 Å². The first-order valence-corrected chi connectivity index (χ1v) is 4.63. The second-order valence-corrected chi connectivity index (χ2v) is 4.41. The minimum atomic E-state index is 0.519. The van der Waals surface area contributed by atoms with Gasteiger partial charge in [0.2, 0.25) is 0 Å². The minimum Gasteiger partial charge on any atom is -0.424 e. The zero-order chi connectivity index (χ0) is 7.56. The van der Waals surface area contributed by atoms with Crippen LogP contribution in [-0.4, -0.2) is 10.2 Å². The molecule has 0 saturated heterocycles. The van der Waals surface area contributed by atoms with Crippen molar-refractivity contribution < 1.29 is 4.42 Å². The van der Waals surface area contributed by atoms with E-state index in [0.29, 0.717) is 9.92 Å². The number of oxazole rings is 1. The molecular formula is C6H8BrNOS. The molecule has 0 aliphatic carbocycles. The van der Waals surface area contributed by atoms with Gasteiger partial charge in [0.25, 0.3) is 5.22 Å². The third-order valence-corrected chi connectivity index (χ3v) is 2.02. The Morgan fingerprint density at radius 1 is 1.70 bits per heavy atom. The molecule has 0 fully saturated rings. The maximum absolute atomic E-state index is 5.16. The highest BCUT2D eigenvalue weighted by atomic mass is 79.9. The Hall–Kier alpha value is 0.0400. The zero-order valence-corrected chi connectivity index (χ0v) is 8.20. The average molecular weight is 222 g/mol. The van der Waals surface area contributed by atoms with Crippen LogP contribution in [0, 0.1) is 0 Å². The van der Waals surface area contributed by atoms with Crippen LogP contribution < -0.4 is 0 Å². The Balaban J connectivity index is 2.58. The third kappa shape index (κ3) is 2.34. The van der Waals surface area contributed by atoms with E-state index in [1.165, 1.54) is 0 Å². The molecule has 1 rings (SSSR count). The fourth-order valence-corrected chi connectivity index (χ4v) is 1.51. The van der Waals surface area contributed by atoms with E-state index in [9.17, 15) is 0 Å². The normalized spacial score (nSPS) is 10.8.